The first-order valence-electron chi connectivity index (χ1n) is 7.51. The van der Waals surface area contributed by atoms with Gasteiger partial charge in [-0.05, 0) is 51.0 Å². The van der Waals surface area contributed by atoms with E-state index in [1.54, 1.807) is 0 Å². The van der Waals surface area contributed by atoms with Crippen molar-refractivity contribution in [3.05, 3.63) is 0 Å². The number of rotatable bonds is 5. The SMILES string of the molecule is CC(C)C[C@@H]1CCN(CC2CN(C(C)C)C2)C1. The lowest BCUT2D eigenvalue weighted by Gasteiger charge is -2.43. The maximum absolute atomic E-state index is 2.72. The van der Waals surface area contributed by atoms with Crippen LogP contribution in [0.2, 0.25) is 0 Å². The summed E-state index contributed by atoms with van der Waals surface area (Å²) in [6.45, 7) is 16.1. The summed E-state index contributed by atoms with van der Waals surface area (Å²) in [6, 6.07) is 0.749. The maximum Gasteiger partial charge on any atom is 0.00388 e. The van der Waals surface area contributed by atoms with Crippen LogP contribution in [0.1, 0.15) is 40.5 Å². The van der Waals surface area contributed by atoms with E-state index in [1.807, 2.05) is 0 Å². The van der Waals surface area contributed by atoms with E-state index in [-0.39, 0.29) is 0 Å². The number of hydrogen-bond acceptors (Lipinski definition) is 2. The van der Waals surface area contributed by atoms with Gasteiger partial charge >= 0.3 is 0 Å². The average molecular weight is 238 g/mol. The Morgan fingerprint density at radius 3 is 2.29 bits per heavy atom. The lowest BCUT2D eigenvalue weighted by Crippen LogP contribution is -2.53. The quantitative estimate of drug-likeness (QED) is 0.726. The molecule has 0 N–H and O–H groups in total. The lowest BCUT2D eigenvalue weighted by molar-refractivity contribution is 0.0463. The number of hydrogen-bond donors (Lipinski definition) is 0. The first-order chi connectivity index (χ1) is 8.04. The first kappa shape index (κ1) is 13.4. The van der Waals surface area contributed by atoms with Gasteiger partial charge in [0.15, 0.2) is 0 Å². The van der Waals surface area contributed by atoms with E-state index in [4.69, 9.17) is 0 Å². The van der Waals surface area contributed by atoms with Crippen LogP contribution >= 0.6 is 0 Å². The minimum atomic E-state index is 0.749. The van der Waals surface area contributed by atoms with Crippen molar-refractivity contribution >= 4 is 0 Å². The van der Waals surface area contributed by atoms with E-state index < -0.39 is 0 Å². The topological polar surface area (TPSA) is 6.48 Å². The number of nitrogens with zero attached hydrogens (tertiary/aromatic N) is 2. The van der Waals surface area contributed by atoms with Gasteiger partial charge < -0.3 is 9.80 Å². The molecule has 100 valence electrons. The molecule has 2 rings (SSSR count). The Morgan fingerprint density at radius 2 is 1.71 bits per heavy atom. The second kappa shape index (κ2) is 5.71. The number of likely N-dealkylation sites (tertiary alicyclic amines) is 2. The standard InChI is InChI=1S/C15H30N2/c1-12(2)7-14-5-6-16(8-14)9-15-10-17(11-15)13(3)4/h12-15H,5-11H2,1-4H3/t14-/m0/s1. The van der Waals surface area contributed by atoms with Crippen LogP contribution in [0.25, 0.3) is 0 Å². The summed E-state index contributed by atoms with van der Waals surface area (Å²) in [7, 11) is 0. The fourth-order valence-electron chi connectivity index (χ4n) is 3.45. The summed E-state index contributed by atoms with van der Waals surface area (Å²) in [5.74, 6) is 2.81. The van der Waals surface area contributed by atoms with Gasteiger partial charge in [0.05, 0.1) is 0 Å². The third-order valence-corrected chi connectivity index (χ3v) is 4.41. The Labute approximate surface area is 107 Å². The Morgan fingerprint density at radius 1 is 1.00 bits per heavy atom. The average Bonchev–Trinajstić information content (AvgIpc) is 2.56. The maximum atomic E-state index is 2.72. The molecule has 2 heterocycles. The molecule has 2 aliphatic rings. The van der Waals surface area contributed by atoms with Gasteiger partial charge in [-0.15, -0.1) is 0 Å². The van der Waals surface area contributed by atoms with Gasteiger partial charge in [-0.2, -0.15) is 0 Å². The molecule has 0 aromatic rings. The molecular formula is C15H30N2. The van der Waals surface area contributed by atoms with E-state index in [0.717, 1.165) is 23.8 Å². The summed E-state index contributed by atoms with van der Waals surface area (Å²) in [5.41, 5.74) is 0. The molecule has 17 heavy (non-hydrogen) atoms. The van der Waals surface area contributed by atoms with E-state index in [2.05, 4.69) is 37.5 Å². The van der Waals surface area contributed by atoms with Gasteiger partial charge in [0, 0.05) is 32.2 Å². The van der Waals surface area contributed by atoms with Crippen molar-refractivity contribution in [3.8, 4) is 0 Å². The predicted octanol–water partition coefficient (Wildman–Crippen LogP) is 2.69. The summed E-state index contributed by atoms with van der Waals surface area (Å²) in [6.07, 6.45) is 2.87. The van der Waals surface area contributed by atoms with E-state index in [1.165, 1.54) is 45.6 Å². The highest BCUT2D eigenvalue weighted by atomic mass is 15.2. The summed E-state index contributed by atoms with van der Waals surface area (Å²) in [4.78, 5) is 5.31. The summed E-state index contributed by atoms with van der Waals surface area (Å²) in [5, 5.41) is 0. The van der Waals surface area contributed by atoms with E-state index >= 15 is 0 Å². The molecule has 0 saturated carbocycles. The highest BCUT2D eigenvalue weighted by molar-refractivity contribution is 4.86. The fraction of sp³-hybridized carbons (Fsp3) is 1.00. The van der Waals surface area contributed by atoms with Crippen LogP contribution in [0.15, 0.2) is 0 Å². The van der Waals surface area contributed by atoms with Crippen molar-refractivity contribution in [3.63, 3.8) is 0 Å². The normalized spacial score (nSPS) is 28.2. The molecular weight excluding hydrogens is 208 g/mol. The molecule has 0 unspecified atom stereocenters. The van der Waals surface area contributed by atoms with Crippen LogP contribution in [0.5, 0.6) is 0 Å². The summed E-state index contributed by atoms with van der Waals surface area (Å²) >= 11 is 0. The van der Waals surface area contributed by atoms with Gasteiger partial charge in [0.1, 0.15) is 0 Å². The van der Waals surface area contributed by atoms with Crippen LogP contribution in [0.4, 0.5) is 0 Å². The van der Waals surface area contributed by atoms with E-state index in [9.17, 15) is 0 Å². The molecule has 0 aromatic carbocycles. The van der Waals surface area contributed by atoms with Crippen molar-refractivity contribution in [1.82, 2.24) is 9.80 Å². The summed E-state index contributed by atoms with van der Waals surface area (Å²) < 4.78 is 0. The molecule has 2 aliphatic heterocycles. The molecule has 2 heteroatoms. The smallest absolute Gasteiger partial charge is 0.00388 e. The minimum Gasteiger partial charge on any atom is -0.303 e. The molecule has 0 radical (unpaired) electrons. The lowest BCUT2D eigenvalue weighted by atomic mass is 9.96. The largest absolute Gasteiger partial charge is 0.303 e. The monoisotopic (exact) mass is 238 g/mol. The molecule has 2 nitrogen and oxygen atoms in total. The van der Waals surface area contributed by atoms with Gasteiger partial charge in [-0.3, -0.25) is 0 Å². The van der Waals surface area contributed by atoms with Crippen molar-refractivity contribution < 1.29 is 0 Å². The Hall–Kier alpha value is -0.0800. The molecule has 1 atom stereocenters. The second-order valence-corrected chi connectivity index (χ2v) is 6.96. The van der Waals surface area contributed by atoms with Gasteiger partial charge in [-0.1, -0.05) is 13.8 Å². The Kier molecular flexibility index (Phi) is 4.48. The van der Waals surface area contributed by atoms with Gasteiger partial charge in [0.25, 0.3) is 0 Å². The second-order valence-electron chi connectivity index (χ2n) is 6.96. The van der Waals surface area contributed by atoms with Crippen LogP contribution < -0.4 is 0 Å². The van der Waals surface area contributed by atoms with Gasteiger partial charge in [0.2, 0.25) is 0 Å². The van der Waals surface area contributed by atoms with Crippen molar-refractivity contribution in [2.75, 3.05) is 32.7 Å². The third-order valence-electron chi connectivity index (χ3n) is 4.41. The highest BCUT2D eigenvalue weighted by Crippen LogP contribution is 2.26. The first-order valence-corrected chi connectivity index (χ1v) is 7.51. The molecule has 0 spiro atoms. The molecule has 0 aliphatic carbocycles. The van der Waals surface area contributed by atoms with Crippen molar-refractivity contribution in [1.29, 1.82) is 0 Å². The predicted molar refractivity (Wildman–Crippen MR) is 74.2 cm³/mol. The molecule has 0 amide bonds. The van der Waals surface area contributed by atoms with Crippen LogP contribution in [0, 0.1) is 17.8 Å². The molecule has 0 bridgehead atoms. The zero-order valence-electron chi connectivity index (χ0n) is 12.2. The minimum absolute atomic E-state index is 0.749. The van der Waals surface area contributed by atoms with Crippen LogP contribution in [-0.4, -0.2) is 48.6 Å². The Balaban J connectivity index is 1.62. The van der Waals surface area contributed by atoms with Crippen LogP contribution in [0.3, 0.4) is 0 Å². The Bertz CT molecular complexity index is 231. The van der Waals surface area contributed by atoms with Gasteiger partial charge in [-0.25, -0.2) is 0 Å². The zero-order valence-corrected chi connectivity index (χ0v) is 12.2. The molecule has 2 saturated heterocycles. The zero-order chi connectivity index (χ0) is 12.4. The van der Waals surface area contributed by atoms with Crippen LogP contribution in [-0.2, 0) is 0 Å². The molecule has 0 aromatic heterocycles. The van der Waals surface area contributed by atoms with E-state index in [0.29, 0.717) is 0 Å². The highest BCUT2D eigenvalue weighted by Gasteiger charge is 2.32. The van der Waals surface area contributed by atoms with Crippen molar-refractivity contribution in [2.24, 2.45) is 17.8 Å². The fourth-order valence-corrected chi connectivity index (χ4v) is 3.45. The van der Waals surface area contributed by atoms with Crippen molar-refractivity contribution in [2.45, 2.75) is 46.6 Å². The third kappa shape index (κ3) is 3.69. The molecule has 2 fully saturated rings.